The average Bonchev–Trinajstić information content (AvgIpc) is 2.19. The normalized spacial score (nSPS) is 10.7. The average molecular weight is 189 g/mol. The molecular weight excluding hydrogens is 181 g/mol. The molecule has 0 aliphatic rings. The Balaban J connectivity index is 3.30. The third-order valence-electron chi connectivity index (χ3n) is 1.70. The molecule has 14 heavy (non-hydrogen) atoms. The molecule has 0 heterocycles. The van der Waals surface area contributed by atoms with Crippen LogP contribution in [0.5, 0.6) is 0 Å². The van der Waals surface area contributed by atoms with Crippen LogP contribution >= 0.6 is 0 Å². The van der Waals surface area contributed by atoms with Crippen molar-refractivity contribution in [2.75, 3.05) is 0 Å². The summed E-state index contributed by atoms with van der Waals surface area (Å²) >= 11 is 0. The standard InChI is InChI=1S/C10H8FN3/c11-10-2-7(4-12)1-8(3-10)9(5-13)6-14/h1-3,5-6,13H,14H2/b9-6+,13-5?. The Morgan fingerprint density at radius 2 is 2.21 bits per heavy atom. The van der Waals surface area contributed by atoms with Gasteiger partial charge in [-0.25, -0.2) is 4.39 Å². The van der Waals surface area contributed by atoms with E-state index in [0.717, 1.165) is 12.3 Å². The van der Waals surface area contributed by atoms with Crippen LogP contribution < -0.4 is 5.73 Å². The Kier molecular flexibility index (Phi) is 2.97. The number of nitrogens with zero attached hydrogens (tertiary/aromatic N) is 1. The quantitative estimate of drug-likeness (QED) is 0.694. The van der Waals surface area contributed by atoms with E-state index in [0.29, 0.717) is 11.1 Å². The SMILES string of the molecule is N#Cc1cc(F)cc(/C(C=N)=C/N)c1. The van der Waals surface area contributed by atoms with Crippen molar-refractivity contribution in [2.24, 2.45) is 5.73 Å². The van der Waals surface area contributed by atoms with E-state index in [4.69, 9.17) is 16.4 Å². The Morgan fingerprint density at radius 3 is 2.71 bits per heavy atom. The summed E-state index contributed by atoms with van der Waals surface area (Å²) in [5.41, 5.74) is 6.25. The number of benzene rings is 1. The van der Waals surface area contributed by atoms with E-state index in [1.54, 1.807) is 0 Å². The number of rotatable bonds is 2. The minimum absolute atomic E-state index is 0.209. The van der Waals surface area contributed by atoms with Crippen molar-refractivity contribution in [1.82, 2.24) is 0 Å². The fraction of sp³-hybridized carbons (Fsp3) is 0. The van der Waals surface area contributed by atoms with E-state index < -0.39 is 5.82 Å². The van der Waals surface area contributed by atoms with E-state index in [1.165, 1.54) is 18.3 Å². The highest BCUT2D eigenvalue weighted by atomic mass is 19.1. The molecule has 1 rings (SSSR count). The third kappa shape index (κ3) is 1.96. The molecule has 70 valence electrons. The molecular formula is C10H8FN3. The Labute approximate surface area is 80.8 Å². The van der Waals surface area contributed by atoms with E-state index in [9.17, 15) is 4.39 Å². The number of allylic oxidation sites excluding steroid dienone is 1. The molecule has 1 aromatic rings. The molecule has 1 aromatic carbocycles. The molecule has 0 spiro atoms. The maximum atomic E-state index is 13.0. The molecule has 0 unspecified atom stereocenters. The van der Waals surface area contributed by atoms with E-state index in [2.05, 4.69) is 0 Å². The summed E-state index contributed by atoms with van der Waals surface area (Å²) in [7, 11) is 0. The van der Waals surface area contributed by atoms with Crippen molar-refractivity contribution in [3.63, 3.8) is 0 Å². The lowest BCUT2D eigenvalue weighted by Crippen LogP contribution is -1.92. The highest BCUT2D eigenvalue weighted by molar-refractivity contribution is 6.08. The molecule has 3 nitrogen and oxygen atoms in total. The van der Waals surface area contributed by atoms with E-state index in [-0.39, 0.29) is 5.56 Å². The highest BCUT2D eigenvalue weighted by Gasteiger charge is 2.03. The molecule has 0 radical (unpaired) electrons. The summed E-state index contributed by atoms with van der Waals surface area (Å²) in [5.74, 6) is -0.514. The van der Waals surface area contributed by atoms with Gasteiger partial charge in [0.2, 0.25) is 0 Å². The van der Waals surface area contributed by atoms with Gasteiger partial charge in [0.1, 0.15) is 5.82 Å². The van der Waals surface area contributed by atoms with Crippen molar-refractivity contribution in [3.8, 4) is 6.07 Å². The summed E-state index contributed by atoms with van der Waals surface area (Å²) in [6.45, 7) is 0. The zero-order chi connectivity index (χ0) is 10.6. The zero-order valence-corrected chi connectivity index (χ0v) is 7.29. The van der Waals surface area contributed by atoms with Crippen LogP contribution in [0.1, 0.15) is 11.1 Å². The summed E-state index contributed by atoms with van der Waals surface area (Å²) in [4.78, 5) is 0. The maximum Gasteiger partial charge on any atom is 0.125 e. The molecule has 0 saturated heterocycles. The maximum absolute atomic E-state index is 13.0. The molecule has 0 aliphatic carbocycles. The summed E-state index contributed by atoms with van der Waals surface area (Å²) in [6, 6.07) is 5.66. The second kappa shape index (κ2) is 4.19. The van der Waals surface area contributed by atoms with Crippen molar-refractivity contribution >= 4 is 11.8 Å². The first-order valence-corrected chi connectivity index (χ1v) is 3.84. The molecule has 0 fully saturated rings. The van der Waals surface area contributed by atoms with Crippen molar-refractivity contribution in [1.29, 1.82) is 10.7 Å². The number of hydrogen-bond donors (Lipinski definition) is 2. The molecule has 0 amide bonds. The second-order valence-corrected chi connectivity index (χ2v) is 2.61. The molecule has 4 heteroatoms. The molecule has 3 N–H and O–H groups in total. The Bertz CT molecular complexity index is 429. The topological polar surface area (TPSA) is 73.7 Å². The number of nitrogens with two attached hydrogens (primary N) is 1. The summed E-state index contributed by atoms with van der Waals surface area (Å²) < 4.78 is 13.0. The van der Waals surface area contributed by atoms with Crippen molar-refractivity contribution in [3.05, 3.63) is 41.3 Å². The molecule has 0 saturated carbocycles. The minimum Gasteiger partial charge on any atom is -0.404 e. The summed E-state index contributed by atoms with van der Waals surface area (Å²) in [5, 5.41) is 15.6. The summed E-state index contributed by atoms with van der Waals surface area (Å²) in [6.07, 6.45) is 2.21. The van der Waals surface area contributed by atoms with Crippen molar-refractivity contribution in [2.45, 2.75) is 0 Å². The zero-order valence-electron chi connectivity index (χ0n) is 7.29. The molecule has 0 atom stereocenters. The lowest BCUT2D eigenvalue weighted by atomic mass is 10.1. The Morgan fingerprint density at radius 1 is 1.50 bits per heavy atom. The van der Waals surface area contributed by atoms with Crippen LogP contribution in [0.3, 0.4) is 0 Å². The van der Waals surface area contributed by atoms with Gasteiger partial charge in [0.25, 0.3) is 0 Å². The van der Waals surface area contributed by atoms with Crippen LogP contribution in [0.25, 0.3) is 5.57 Å². The number of halogens is 1. The predicted molar refractivity (Wildman–Crippen MR) is 52.1 cm³/mol. The molecule has 0 aromatic heterocycles. The fourth-order valence-electron chi connectivity index (χ4n) is 1.05. The lowest BCUT2D eigenvalue weighted by Gasteiger charge is -2.01. The molecule has 0 aliphatic heterocycles. The number of nitrogens with one attached hydrogen (secondary N) is 1. The largest absolute Gasteiger partial charge is 0.404 e. The smallest absolute Gasteiger partial charge is 0.125 e. The lowest BCUT2D eigenvalue weighted by molar-refractivity contribution is 0.627. The second-order valence-electron chi connectivity index (χ2n) is 2.61. The van der Waals surface area contributed by atoms with Gasteiger partial charge < -0.3 is 11.1 Å². The number of nitriles is 1. The van der Waals surface area contributed by atoms with E-state index >= 15 is 0 Å². The van der Waals surface area contributed by atoms with Gasteiger partial charge in [-0.15, -0.1) is 0 Å². The first-order valence-electron chi connectivity index (χ1n) is 3.84. The van der Waals surface area contributed by atoms with Crippen LogP contribution in [-0.2, 0) is 0 Å². The van der Waals surface area contributed by atoms with Gasteiger partial charge in [-0.2, -0.15) is 5.26 Å². The van der Waals surface area contributed by atoms with Gasteiger partial charge in [0.15, 0.2) is 0 Å². The van der Waals surface area contributed by atoms with Crippen molar-refractivity contribution < 1.29 is 4.39 Å². The van der Waals surface area contributed by atoms with Gasteiger partial charge in [-0.1, -0.05) is 0 Å². The predicted octanol–water partition coefficient (Wildman–Crippen LogP) is 1.65. The Hall–Kier alpha value is -2.15. The van der Waals surface area contributed by atoms with Gasteiger partial charge in [0.05, 0.1) is 11.6 Å². The van der Waals surface area contributed by atoms with Gasteiger partial charge in [-0.3, -0.25) is 0 Å². The van der Waals surface area contributed by atoms with Crippen LogP contribution in [0.2, 0.25) is 0 Å². The van der Waals surface area contributed by atoms with Gasteiger partial charge >= 0.3 is 0 Å². The fourth-order valence-corrected chi connectivity index (χ4v) is 1.05. The highest BCUT2D eigenvalue weighted by Crippen LogP contribution is 2.15. The van der Waals surface area contributed by atoms with Gasteiger partial charge in [-0.05, 0) is 23.8 Å². The van der Waals surface area contributed by atoms with E-state index in [1.807, 2.05) is 6.07 Å². The monoisotopic (exact) mass is 189 g/mol. The minimum atomic E-state index is -0.514. The van der Waals surface area contributed by atoms with Crippen LogP contribution in [0, 0.1) is 22.6 Å². The number of hydrogen-bond acceptors (Lipinski definition) is 3. The van der Waals surface area contributed by atoms with Crippen LogP contribution in [-0.4, -0.2) is 6.21 Å². The third-order valence-corrected chi connectivity index (χ3v) is 1.70. The molecule has 0 bridgehead atoms. The first kappa shape index (κ1) is 9.93. The van der Waals surface area contributed by atoms with Crippen LogP contribution in [0.4, 0.5) is 4.39 Å². The first-order chi connectivity index (χ1) is 6.71. The van der Waals surface area contributed by atoms with Crippen LogP contribution in [0.15, 0.2) is 24.4 Å². The van der Waals surface area contributed by atoms with Gasteiger partial charge in [0, 0.05) is 18.0 Å².